The summed E-state index contributed by atoms with van der Waals surface area (Å²) in [7, 11) is 0.684. The van der Waals surface area contributed by atoms with Crippen molar-refractivity contribution in [2.24, 2.45) is 7.05 Å². The molecule has 3 atom stereocenters. The van der Waals surface area contributed by atoms with Crippen molar-refractivity contribution in [2.75, 3.05) is 56.4 Å². The molecule has 3 unspecified atom stereocenters. The van der Waals surface area contributed by atoms with Crippen LogP contribution in [0.2, 0.25) is 0 Å². The molecule has 3 fully saturated rings. The van der Waals surface area contributed by atoms with Crippen molar-refractivity contribution in [3.8, 4) is 12.0 Å². The lowest BCUT2D eigenvalue weighted by molar-refractivity contribution is -0.0277. The predicted molar refractivity (Wildman–Crippen MR) is 170 cm³/mol. The fourth-order valence-corrected chi connectivity index (χ4v) is 8.63. The Bertz CT molecular complexity index is 1760. The fourth-order valence-electron chi connectivity index (χ4n) is 6.11. The molecule has 3 saturated heterocycles. The molecule has 3 aliphatic heterocycles. The van der Waals surface area contributed by atoms with Crippen LogP contribution in [0.1, 0.15) is 31.7 Å². The molecule has 7 rings (SSSR count). The number of alkyl halides is 1. The second-order valence-corrected chi connectivity index (χ2v) is 14.9. The number of ether oxygens (including phenoxy) is 3. The predicted octanol–water partition coefficient (Wildman–Crippen LogP) is 2.65. The zero-order valence-corrected chi connectivity index (χ0v) is 27.4. The zero-order chi connectivity index (χ0) is 29.9. The Balaban J connectivity index is 1.26. The molecular formula is C28H35IN8O5S. The molecule has 0 N–H and O–H groups in total. The van der Waals surface area contributed by atoms with Crippen molar-refractivity contribution in [1.82, 2.24) is 34.0 Å². The summed E-state index contributed by atoms with van der Waals surface area (Å²) in [5.74, 6) is 2.46. The largest absolute Gasteiger partial charge is 0.457 e. The van der Waals surface area contributed by atoms with Crippen LogP contribution in [0.3, 0.4) is 0 Å². The third kappa shape index (κ3) is 5.26. The topological polar surface area (TPSA) is 130 Å². The fraction of sp³-hybridized carbons (Fsp3) is 0.571. The first-order valence-corrected chi connectivity index (χ1v) is 17.7. The molecule has 0 radical (unpaired) electrons. The molecule has 4 aromatic rings. The smallest absolute Gasteiger partial charge is 0.298 e. The number of rotatable bonds is 7. The Morgan fingerprint density at radius 3 is 2.53 bits per heavy atom. The highest BCUT2D eigenvalue weighted by Gasteiger charge is 2.45. The Kier molecular flexibility index (Phi) is 7.72. The van der Waals surface area contributed by atoms with E-state index in [4.69, 9.17) is 34.1 Å². The number of likely N-dealkylation sites (tertiary alicyclic amines) is 1. The third-order valence-corrected chi connectivity index (χ3v) is 12.0. The van der Waals surface area contributed by atoms with E-state index < -0.39 is 9.84 Å². The molecule has 13 nitrogen and oxygen atoms in total. The summed E-state index contributed by atoms with van der Waals surface area (Å²) in [5, 5.41) is 0. The van der Waals surface area contributed by atoms with Gasteiger partial charge in [0, 0.05) is 39.8 Å². The Morgan fingerprint density at radius 2 is 1.81 bits per heavy atom. The van der Waals surface area contributed by atoms with Crippen LogP contribution in [0.5, 0.6) is 6.01 Å². The Labute approximate surface area is 263 Å². The van der Waals surface area contributed by atoms with Crippen LogP contribution in [-0.4, -0.2) is 110 Å². The average Bonchev–Trinajstić information content (AvgIpc) is 3.56. The average molecular weight is 723 g/mol. The lowest BCUT2D eigenvalue weighted by Gasteiger charge is -2.49. The number of para-hydroxylation sites is 2. The summed E-state index contributed by atoms with van der Waals surface area (Å²) >= 11 is 2.40. The summed E-state index contributed by atoms with van der Waals surface area (Å²) < 4.78 is 45.6. The van der Waals surface area contributed by atoms with Gasteiger partial charge < -0.3 is 19.1 Å². The summed E-state index contributed by atoms with van der Waals surface area (Å²) in [4.78, 5) is 24.5. The van der Waals surface area contributed by atoms with Crippen LogP contribution in [0.25, 0.3) is 28.1 Å². The van der Waals surface area contributed by atoms with Gasteiger partial charge in [-0.15, -0.1) is 0 Å². The van der Waals surface area contributed by atoms with Gasteiger partial charge in [-0.2, -0.15) is 15.0 Å². The zero-order valence-electron chi connectivity index (χ0n) is 24.4. The normalized spacial score (nSPS) is 24.0. The first-order valence-electron chi connectivity index (χ1n) is 14.6. The van der Waals surface area contributed by atoms with E-state index in [-0.39, 0.29) is 33.8 Å². The Hall–Kier alpha value is -2.60. The second kappa shape index (κ2) is 11.4. The van der Waals surface area contributed by atoms with Crippen LogP contribution in [-0.2, 0) is 26.4 Å². The number of nitrogens with zero attached hydrogens (tertiary/aromatic N) is 8. The number of hydrogen-bond acceptors (Lipinski definition) is 11. The number of sulfone groups is 1. The van der Waals surface area contributed by atoms with E-state index in [2.05, 4.69) is 32.4 Å². The van der Waals surface area contributed by atoms with Crippen LogP contribution in [0, 0.1) is 0 Å². The molecule has 15 heteroatoms. The van der Waals surface area contributed by atoms with Gasteiger partial charge in [0.15, 0.2) is 17.0 Å². The van der Waals surface area contributed by atoms with Crippen molar-refractivity contribution in [2.45, 2.75) is 42.1 Å². The van der Waals surface area contributed by atoms with Gasteiger partial charge in [0.2, 0.25) is 5.95 Å². The van der Waals surface area contributed by atoms with Gasteiger partial charge in [-0.25, -0.2) is 13.4 Å². The van der Waals surface area contributed by atoms with E-state index in [1.54, 1.807) is 7.11 Å². The number of aryl methyl sites for hydroxylation is 1. The van der Waals surface area contributed by atoms with E-state index in [1.807, 2.05) is 47.4 Å². The van der Waals surface area contributed by atoms with Gasteiger partial charge in [-0.1, -0.05) is 34.7 Å². The maximum absolute atomic E-state index is 11.9. The van der Waals surface area contributed by atoms with E-state index >= 15 is 0 Å². The molecule has 3 aliphatic rings. The molecule has 0 bridgehead atoms. The van der Waals surface area contributed by atoms with Crippen LogP contribution >= 0.6 is 22.6 Å². The van der Waals surface area contributed by atoms with Gasteiger partial charge in [0.25, 0.3) is 6.01 Å². The first-order chi connectivity index (χ1) is 20.7. The maximum Gasteiger partial charge on any atom is 0.298 e. The monoisotopic (exact) mass is 722 g/mol. The molecule has 0 aliphatic carbocycles. The van der Waals surface area contributed by atoms with Gasteiger partial charge in [0.1, 0.15) is 31.9 Å². The number of aromatic nitrogens is 6. The van der Waals surface area contributed by atoms with Gasteiger partial charge in [-0.3, -0.25) is 14.0 Å². The van der Waals surface area contributed by atoms with Crippen LogP contribution < -0.4 is 9.64 Å². The van der Waals surface area contributed by atoms with Gasteiger partial charge in [0.05, 0.1) is 35.8 Å². The van der Waals surface area contributed by atoms with E-state index in [0.717, 1.165) is 23.4 Å². The molecule has 3 aromatic heterocycles. The molecule has 43 heavy (non-hydrogen) atoms. The molecule has 0 amide bonds. The molecule has 1 aromatic carbocycles. The summed E-state index contributed by atoms with van der Waals surface area (Å²) in [6, 6.07) is 8.68. The summed E-state index contributed by atoms with van der Waals surface area (Å²) in [6.45, 7) is 5.28. The van der Waals surface area contributed by atoms with Crippen molar-refractivity contribution in [3.05, 3.63) is 30.1 Å². The minimum absolute atomic E-state index is 0.0688. The van der Waals surface area contributed by atoms with Gasteiger partial charge >= 0.3 is 0 Å². The Morgan fingerprint density at radius 1 is 1.07 bits per heavy atom. The van der Waals surface area contributed by atoms with Crippen LogP contribution in [0.4, 0.5) is 5.82 Å². The highest BCUT2D eigenvalue weighted by atomic mass is 127. The molecular weight excluding hydrogens is 687 g/mol. The highest BCUT2D eigenvalue weighted by Crippen LogP contribution is 2.36. The summed E-state index contributed by atoms with van der Waals surface area (Å²) in [5.41, 5.74) is 3.07. The number of anilines is 1. The summed E-state index contributed by atoms with van der Waals surface area (Å²) in [6.07, 6.45) is 1.000. The SMILES string of the molecule is COC(C)c1nc2ccccc2n1-c1nc(N2CCOCC2)c2nc(OC3CN(C4CCS(=O)(=O)CC4)C3I)n(C)c2n1. The lowest BCUT2D eigenvalue weighted by Crippen LogP contribution is -2.63. The van der Waals surface area contributed by atoms with E-state index in [0.29, 0.717) is 68.1 Å². The lowest BCUT2D eigenvalue weighted by atomic mass is 10.0. The number of benzene rings is 1. The van der Waals surface area contributed by atoms with Crippen molar-refractivity contribution in [1.29, 1.82) is 0 Å². The van der Waals surface area contributed by atoms with E-state index in [9.17, 15) is 8.42 Å². The quantitative estimate of drug-likeness (QED) is 0.159. The van der Waals surface area contributed by atoms with Crippen molar-refractivity contribution in [3.63, 3.8) is 0 Å². The van der Waals surface area contributed by atoms with Gasteiger partial charge in [-0.05, 0) is 31.9 Å². The van der Waals surface area contributed by atoms with E-state index in [1.165, 1.54) is 0 Å². The minimum Gasteiger partial charge on any atom is -0.457 e. The number of imidazole rings is 2. The number of morpholine rings is 1. The number of methoxy groups -OCH3 is 1. The second-order valence-electron chi connectivity index (χ2n) is 11.4. The molecule has 230 valence electrons. The number of halogens is 1. The molecule has 6 heterocycles. The van der Waals surface area contributed by atoms with Crippen LogP contribution in [0.15, 0.2) is 24.3 Å². The van der Waals surface area contributed by atoms with Crippen molar-refractivity contribution < 1.29 is 22.6 Å². The number of hydrogen-bond donors (Lipinski definition) is 0. The molecule has 0 saturated carbocycles. The molecule has 0 spiro atoms. The maximum atomic E-state index is 11.9. The standard InChI is InChI=1S/C28H35IN8O5S/c1-17(40-3)24-30-19-6-4-5-7-20(19)37(24)27-32-25-22(26(33-27)35-10-12-41-13-11-35)31-28(34(25)2)42-21-16-36(23(21)29)18-8-14-43(38,39)15-9-18/h4-7,17-18,21,23H,8-16H2,1-3H3. The third-order valence-electron chi connectivity index (χ3n) is 8.73. The minimum atomic E-state index is -2.90. The number of fused-ring (bicyclic) bond motifs is 2. The first kappa shape index (κ1) is 29.1. The highest BCUT2D eigenvalue weighted by molar-refractivity contribution is 14.1. The van der Waals surface area contributed by atoms with Crippen molar-refractivity contribution >= 4 is 60.4 Å².